The number of nitrogens with one attached hydrogen (secondary N) is 2. The monoisotopic (exact) mass is 399 g/mol. The number of nitrogen functional groups attached to an aromatic ring is 1. The first kappa shape index (κ1) is 22.6. The van der Waals surface area contributed by atoms with Gasteiger partial charge in [-0.15, -0.1) is 0 Å². The zero-order valence-electron chi connectivity index (χ0n) is 18.0. The normalized spacial score (nSPS) is 17.5. The molecule has 3 rings (SSSR count). The van der Waals surface area contributed by atoms with E-state index in [9.17, 15) is 4.79 Å². The van der Waals surface area contributed by atoms with E-state index < -0.39 is 0 Å². The summed E-state index contributed by atoms with van der Waals surface area (Å²) in [5, 5.41) is 6.23. The Kier molecular flexibility index (Phi) is 8.34. The Hall–Kier alpha value is -2.73. The van der Waals surface area contributed by atoms with Gasteiger partial charge in [-0.3, -0.25) is 4.79 Å². The first-order valence-corrected chi connectivity index (χ1v) is 10.1. The van der Waals surface area contributed by atoms with Gasteiger partial charge in [0.05, 0.1) is 26.2 Å². The summed E-state index contributed by atoms with van der Waals surface area (Å²) in [6.07, 6.45) is 0.725. The largest absolute Gasteiger partial charge is 0.493 e. The molecule has 158 valence electrons. The fourth-order valence-corrected chi connectivity index (χ4v) is 3.53. The van der Waals surface area contributed by atoms with E-state index in [-0.39, 0.29) is 17.9 Å². The molecule has 2 aromatic rings. The quantitative estimate of drug-likeness (QED) is 0.646. The molecule has 0 saturated heterocycles. The van der Waals surface area contributed by atoms with E-state index >= 15 is 0 Å². The highest BCUT2D eigenvalue weighted by atomic mass is 16.5. The Labute approximate surface area is 173 Å². The fourth-order valence-electron chi connectivity index (χ4n) is 3.53. The van der Waals surface area contributed by atoms with E-state index in [1.165, 1.54) is 0 Å². The van der Waals surface area contributed by atoms with E-state index in [0.717, 1.165) is 36.2 Å². The lowest BCUT2D eigenvalue weighted by Crippen LogP contribution is -2.39. The molecule has 4 N–H and O–H groups in total. The van der Waals surface area contributed by atoms with Crippen LogP contribution in [0.1, 0.15) is 55.8 Å². The summed E-state index contributed by atoms with van der Waals surface area (Å²) in [4.78, 5) is 12.6. The molecule has 0 bridgehead atoms. The smallest absolute Gasteiger partial charge is 0.228 e. The third-order valence-corrected chi connectivity index (χ3v) is 5.06. The van der Waals surface area contributed by atoms with E-state index in [4.69, 9.17) is 15.2 Å². The summed E-state index contributed by atoms with van der Waals surface area (Å²) >= 11 is 0. The number of carbonyl (C=O) groups excluding carboxylic acids is 1. The lowest BCUT2D eigenvalue weighted by atomic mass is 9.82. The highest BCUT2D eigenvalue weighted by Crippen LogP contribution is 2.42. The SMILES string of the molecule is CCC1C(=O)NC(c2ccc(N)cc2)c2cc(OC)c(OC)cc21.CCNCC. The molecule has 1 aliphatic heterocycles. The molecule has 0 fully saturated rings. The maximum absolute atomic E-state index is 12.6. The number of anilines is 1. The van der Waals surface area contributed by atoms with Crippen LogP contribution in [-0.4, -0.2) is 33.2 Å². The van der Waals surface area contributed by atoms with Gasteiger partial charge in [0.25, 0.3) is 0 Å². The lowest BCUT2D eigenvalue weighted by Gasteiger charge is -2.32. The third-order valence-electron chi connectivity index (χ3n) is 5.06. The van der Waals surface area contributed by atoms with Gasteiger partial charge < -0.3 is 25.8 Å². The van der Waals surface area contributed by atoms with Crippen molar-refractivity contribution in [1.82, 2.24) is 10.6 Å². The molecule has 1 heterocycles. The number of rotatable bonds is 6. The maximum Gasteiger partial charge on any atom is 0.228 e. The van der Waals surface area contributed by atoms with E-state index in [2.05, 4.69) is 24.5 Å². The molecule has 0 aliphatic carbocycles. The predicted molar refractivity (Wildman–Crippen MR) is 118 cm³/mol. The molecule has 29 heavy (non-hydrogen) atoms. The van der Waals surface area contributed by atoms with Crippen LogP contribution in [0.25, 0.3) is 0 Å². The van der Waals surface area contributed by atoms with Gasteiger partial charge in [0.1, 0.15) is 0 Å². The van der Waals surface area contributed by atoms with E-state index in [0.29, 0.717) is 17.2 Å². The molecular weight excluding hydrogens is 366 g/mol. The number of carbonyl (C=O) groups is 1. The minimum atomic E-state index is -0.226. The molecule has 2 atom stereocenters. The summed E-state index contributed by atoms with van der Waals surface area (Å²) < 4.78 is 10.9. The van der Waals surface area contributed by atoms with Gasteiger partial charge in [0.15, 0.2) is 11.5 Å². The van der Waals surface area contributed by atoms with E-state index in [1.807, 2.05) is 43.3 Å². The minimum Gasteiger partial charge on any atom is -0.493 e. The summed E-state index contributed by atoms with van der Waals surface area (Å²) in [5.74, 6) is 1.13. The number of ether oxygens (including phenoxy) is 2. The summed E-state index contributed by atoms with van der Waals surface area (Å²) in [7, 11) is 3.22. The number of amides is 1. The second-order valence-corrected chi connectivity index (χ2v) is 6.86. The van der Waals surface area contributed by atoms with Gasteiger partial charge in [-0.05, 0) is 60.5 Å². The van der Waals surface area contributed by atoms with Crippen LogP contribution in [0.4, 0.5) is 5.69 Å². The van der Waals surface area contributed by atoms with Crippen LogP contribution < -0.4 is 25.8 Å². The number of nitrogens with two attached hydrogens (primary N) is 1. The van der Waals surface area contributed by atoms with Gasteiger partial charge in [0, 0.05) is 5.69 Å². The fraction of sp³-hybridized carbons (Fsp3) is 0.435. The number of fused-ring (bicyclic) bond motifs is 1. The third kappa shape index (κ3) is 5.21. The van der Waals surface area contributed by atoms with Crippen molar-refractivity contribution in [2.24, 2.45) is 0 Å². The molecule has 0 radical (unpaired) electrons. The Morgan fingerprint density at radius 1 is 0.966 bits per heavy atom. The maximum atomic E-state index is 12.6. The molecule has 0 aromatic heterocycles. The highest BCUT2D eigenvalue weighted by molar-refractivity contribution is 5.87. The van der Waals surface area contributed by atoms with Gasteiger partial charge >= 0.3 is 0 Å². The molecule has 0 spiro atoms. The topological polar surface area (TPSA) is 85.6 Å². The Morgan fingerprint density at radius 3 is 1.97 bits per heavy atom. The van der Waals surface area contributed by atoms with Crippen LogP contribution in [-0.2, 0) is 4.79 Å². The van der Waals surface area contributed by atoms with Crippen molar-refractivity contribution in [2.75, 3.05) is 33.0 Å². The number of methoxy groups -OCH3 is 2. The van der Waals surface area contributed by atoms with Crippen molar-refractivity contribution in [3.8, 4) is 11.5 Å². The van der Waals surface area contributed by atoms with Crippen molar-refractivity contribution in [3.05, 3.63) is 53.1 Å². The molecular formula is C23H33N3O3. The molecule has 1 amide bonds. The Morgan fingerprint density at radius 2 is 1.52 bits per heavy atom. The molecule has 6 heteroatoms. The van der Waals surface area contributed by atoms with Gasteiger partial charge in [-0.1, -0.05) is 32.9 Å². The first-order valence-electron chi connectivity index (χ1n) is 10.1. The van der Waals surface area contributed by atoms with E-state index in [1.54, 1.807) is 14.2 Å². The highest BCUT2D eigenvalue weighted by Gasteiger charge is 2.34. The Balaban J connectivity index is 0.000000537. The van der Waals surface area contributed by atoms with Crippen LogP contribution in [0.5, 0.6) is 11.5 Å². The average molecular weight is 400 g/mol. The van der Waals surface area contributed by atoms with Crippen molar-refractivity contribution in [1.29, 1.82) is 0 Å². The number of hydrogen-bond donors (Lipinski definition) is 3. The minimum absolute atomic E-state index is 0.0269. The standard InChI is InChI=1S/C19H22N2O3.C4H11N/c1-4-13-14-9-16(23-2)17(24-3)10-15(14)18(21-19(13)22)11-5-7-12(20)8-6-11;1-3-5-4-2/h5-10,13,18H,4,20H2,1-3H3,(H,21,22);5H,3-4H2,1-2H3. The van der Waals surface area contributed by atoms with Crippen LogP contribution >= 0.6 is 0 Å². The van der Waals surface area contributed by atoms with Crippen LogP contribution in [0, 0.1) is 0 Å². The second kappa shape index (κ2) is 10.7. The lowest BCUT2D eigenvalue weighted by molar-refractivity contribution is -0.123. The number of hydrogen-bond acceptors (Lipinski definition) is 5. The Bertz CT molecular complexity index is 804. The molecule has 0 saturated carbocycles. The van der Waals surface area contributed by atoms with Crippen molar-refractivity contribution < 1.29 is 14.3 Å². The van der Waals surface area contributed by atoms with Gasteiger partial charge in [0.2, 0.25) is 5.91 Å². The average Bonchev–Trinajstić information content (AvgIpc) is 2.74. The zero-order chi connectivity index (χ0) is 21.4. The van der Waals surface area contributed by atoms with Gasteiger partial charge in [-0.25, -0.2) is 0 Å². The summed E-state index contributed by atoms with van der Waals surface area (Å²) in [6, 6.07) is 11.2. The van der Waals surface area contributed by atoms with Crippen LogP contribution in [0.3, 0.4) is 0 Å². The van der Waals surface area contributed by atoms with Gasteiger partial charge in [-0.2, -0.15) is 0 Å². The number of benzene rings is 2. The van der Waals surface area contributed by atoms with Crippen molar-refractivity contribution in [3.63, 3.8) is 0 Å². The molecule has 1 aliphatic rings. The first-order chi connectivity index (χ1) is 14.0. The predicted octanol–water partition coefficient (Wildman–Crippen LogP) is 3.61. The summed E-state index contributed by atoms with van der Waals surface area (Å²) in [6.45, 7) is 8.40. The second-order valence-electron chi connectivity index (χ2n) is 6.86. The van der Waals surface area contributed by atoms with Crippen LogP contribution in [0.15, 0.2) is 36.4 Å². The van der Waals surface area contributed by atoms with Crippen LogP contribution in [0.2, 0.25) is 0 Å². The van der Waals surface area contributed by atoms with Crippen molar-refractivity contribution >= 4 is 11.6 Å². The zero-order valence-corrected chi connectivity index (χ0v) is 18.0. The molecule has 2 aromatic carbocycles. The van der Waals surface area contributed by atoms with Crippen molar-refractivity contribution in [2.45, 2.75) is 39.2 Å². The summed E-state index contributed by atoms with van der Waals surface area (Å²) in [5.41, 5.74) is 9.48. The molecule has 6 nitrogen and oxygen atoms in total. The molecule has 2 unspecified atom stereocenters.